The number of halogens is 4. The Morgan fingerprint density at radius 3 is 2.57 bits per heavy atom. The number of benzene rings is 1. The minimum atomic E-state index is -4.44. The Labute approximate surface area is 194 Å². The zero-order valence-corrected chi connectivity index (χ0v) is 20.0. The second-order valence-corrected chi connectivity index (χ2v) is 7.35. The topological polar surface area (TPSA) is 78.4 Å². The number of carbonyl (C=O) groups excluding carboxylic acids is 1. The van der Waals surface area contributed by atoms with Crippen LogP contribution in [0.3, 0.4) is 0 Å². The summed E-state index contributed by atoms with van der Waals surface area (Å²) in [7, 11) is 1.57. The van der Waals surface area contributed by atoms with E-state index in [0.717, 1.165) is 28.7 Å². The van der Waals surface area contributed by atoms with E-state index in [4.69, 9.17) is 0 Å². The predicted octanol–water partition coefficient (Wildman–Crippen LogP) is 4.63. The molecular formula is C19H25F3IN5OS. The van der Waals surface area contributed by atoms with Gasteiger partial charge in [-0.25, -0.2) is 4.98 Å². The molecule has 1 amide bonds. The molecule has 6 nitrogen and oxygen atoms in total. The molecular weight excluding hydrogens is 530 g/mol. The highest BCUT2D eigenvalue weighted by Gasteiger charge is 2.33. The Morgan fingerprint density at radius 2 is 1.97 bits per heavy atom. The number of anilines is 1. The summed E-state index contributed by atoms with van der Waals surface area (Å²) in [5, 5.41) is 10.2. The maximum absolute atomic E-state index is 12.6. The molecule has 1 atom stereocenters. The molecule has 0 aliphatic rings. The third-order valence-electron chi connectivity index (χ3n) is 4.19. The lowest BCUT2D eigenvalue weighted by Gasteiger charge is -2.13. The van der Waals surface area contributed by atoms with Crippen molar-refractivity contribution in [3.05, 3.63) is 45.9 Å². The molecule has 1 heterocycles. The summed E-state index contributed by atoms with van der Waals surface area (Å²) in [5.41, 5.74) is 0.738. The first-order valence-electron chi connectivity index (χ1n) is 9.08. The van der Waals surface area contributed by atoms with Crippen LogP contribution in [0.4, 0.5) is 18.9 Å². The van der Waals surface area contributed by atoms with Crippen molar-refractivity contribution in [2.75, 3.05) is 12.4 Å². The van der Waals surface area contributed by atoms with E-state index in [0.29, 0.717) is 23.2 Å². The molecule has 0 saturated carbocycles. The largest absolute Gasteiger partial charge is 0.434 e. The minimum Gasteiger partial charge on any atom is -0.352 e. The highest BCUT2D eigenvalue weighted by Crippen LogP contribution is 2.29. The number of hydrogen-bond donors (Lipinski definition) is 3. The molecule has 30 heavy (non-hydrogen) atoms. The number of alkyl halides is 3. The van der Waals surface area contributed by atoms with Gasteiger partial charge in [-0.3, -0.25) is 9.79 Å². The second kappa shape index (κ2) is 12.1. The summed E-state index contributed by atoms with van der Waals surface area (Å²) >= 11 is 0.938. The molecule has 0 aliphatic heterocycles. The van der Waals surface area contributed by atoms with Crippen molar-refractivity contribution < 1.29 is 18.0 Å². The summed E-state index contributed by atoms with van der Waals surface area (Å²) in [6.45, 7) is 4.39. The van der Waals surface area contributed by atoms with Gasteiger partial charge in [-0.05, 0) is 24.1 Å². The van der Waals surface area contributed by atoms with Crippen molar-refractivity contribution in [1.82, 2.24) is 15.6 Å². The van der Waals surface area contributed by atoms with Crippen molar-refractivity contribution in [3.8, 4) is 0 Å². The lowest BCUT2D eigenvalue weighted by atomic mass is 10.1. The number of hydrogen-bond acceptors (Lipinski definition) is 4. The standard InChI is InChI=1S/C19H24F3N5OS.HI/c1-4-12(2)17(28)26-14-7-5-6-13(8-14)9-24-18(23-3)25-10-16-27-15(11-29-16)19(20,21)22;/h5-8,11-12H,4,9-10H2,1-3H3,(H,26,28)(H2,23,24,25);1H. The summed E-state index contributed by atoms with van der Waals surface area (Å²) < 4.78 is 37.8. The Bertz CT molecular complexity index is 857. The van der Waals surface area contributed by atoms with E-state index in [1.165, 1.54) is 0 Å². The smallest absolute Gasteiger partial charge is 0.352 e. The van der Waals surface area contributed by atoms with Gasteiger partial charge >= 0.3 is 6.18 Å². The molecule has 0 spiro atoms. The minimum absolute atomic E-state index is 0. The second-order valence-electron chi connectivity index (χ2n) is 6.40. The summed E-state index contributed by atoms with van der Waals surface area (Å²) in [6, 6.07) is 7.41. The SMILES string of the molecule is CCC(C)C(=O)Nc1cccc(CNC(=NC)NCc2nc(C(F)(F)F)cs2)c1.I. The van der Waals surface area contributed by atoms with Gasteiger partial charge in [-0.2, -0.15) is 13.2 Å². The van der Waals surface area contributed by atoms with Crippen LogP contribution in [-0.2, 0) is 24.1 Å². The van der Waals surface area contributed by atoms with Gasteiger partial charge in [0.25, 0.3) is 0 Å². The monoisotopic (exact) mass is 555 g/mol. The fourth-order valence-corrected chi connectivity index (χ4v) is 3.04. The molecule has 0 fully saturated rings. The van der Waals surface area contributed by atoms with Crippen LogP contribution < -0.4 is 16.0 Å². The first-order chi connectivity index (χ1) is 13.7. The summed E-state index contributed by atoms with van der Waals surface area (Å²) in [5.74, 6) is 0.336. The fraction of sp³-hybridized carbons (Fsp3) is 0.421. The van der Waals surface area contributed by atoms with Gasteiger partial charge in [0.05, 0.1) is 6.54 Å². The van der Waals surface area contributed by atoms with Crippen molar-refractivity contribution >= 4 is 52.9 Å². The molecule has 2 aromatic rings. The Morgan fingerprint density at radius 1 is 1.27 bits per heavy atom. The quantitative estimate of drug-likeness (QED) is 0.265. The average Bonchev–Trinajstić information content (AvgIpc) is 3.17. The molecule has 1 unspecified atom stereocenters. The van der Waals surface area contributed by atoms with Crippen LogP contribution in [-0.4, -0.2) is 23.9 Å². The molecule has 2 rings (SSSR count). The molecule has 0 bridgehead atoms. The molecule has 1 aromatic heterocycles. The Hall–Kier alpha value is -1.89. The highest BCUT2D eigenvalue weighted by molar-refractivity contribution is 14.0. The average molecular weight is 555 g/mol. The number of guanidine groups is 1. The van der Waals surface area contributed by atoms with Gasteiger partial charge < -0.3 is 16.0 Å². The summed E-state index contributed by atoms with van der Waals surface area (Å²) in [4.78, 5) is 19.7. The van der Waals surface area contributed by atoms with Crippen LogP contribution in [0.2, 0.25) is 0 Å². The van der Waals surface area contributed by atoms with Gasteiger partial charge in [-0.15, -0.1) is 35.3 Å². The molecule has 166 valence electrons. The van der Waals surface area contributed by atoms with Crippen LogP contribution in [0.1, 0.15) is 36.5 Å². The lowest BCUT2D eigenvalue weighted by molar-refractivity contribution is -0.140. The lowest BCUT2D eigenvalue weighted by Crippen LogP contribution is -2.36. The van der Waals surface area contributed by atoms with Crippen LogP contribution in [0.25, 0.3) is 0 Å². The van der Waals surface area contributed by atoms with E-state index in [-0.39, 0.29) is 42.3 Å². The number of carbonyl (C=O) groups is 1. The van der Waals surface area contributed by atoms with Gasteiger partial charge in [0.15, 0.2) is 11.7 Å². The molecule has 0 aliphatic carbocycles. The highest BCUT2D eigenvalue weighted by atomic mass is 127. The number of nitrogens with zero attached hydrogens (tertiary/aromatic N) is 2. The van der Waals surface area contributed by atoms with E-state index in [9.17, 15) is 18.0 Å². The number of amides is 1. The van der Waals surface area contributed by atoms with Crippen molar-refractivity contribution in [3.63, 3.8) is 0 Å². The van der Waals surface area contributed by atoms with Crippen molar-refractivity contribution in [2.45, 2.75) is 39.5 Å². The first-order valence-corrected chi connectivity index (χ1v) is 9.96. The maximum atomic E-state index is 12.6. The molecule has 1 aromatic carbocycles. The zero-order chi connectivity index (χ0) is 21.4. The number of aromatic nitrogens is 1. The van der Waals surface area contributed by atoms with Crippen LogP contribution in [0.5, 0.6) is 0 Å². The van der Waals surface area contributed by atoms with Crippen molar-refractivity contribution in [1.29, 1.82) is 0 Å². The number of aliphatic imine (C=N–C) groups is 1. The molecule has 0 saturated heterocycles. The molecule has 3 N–H and O–H groups in total. The third-order valence-corrected chi connectivity index (χ3v) is 5.04. The van der Waals surface area contributed by atoms with E-state index in [2.05, 4.69) is 25.9 Å². The van der Waals surface area contributed by atoms with Crippen LogP contribution in [0, 0.1) is 5.92 Å². The number of rotatable bonds is 7. The number of thiazole rings is 1. The summed E-state index contributed by atoms with van der Waals surface area (Å²) in [6.07, 6.45) is -3.68. The Balaban J connectivity index is 0.00000450. The number of nitrogens with one attached hydrogen (secondary N) is 3. The van der Waals surface area contributed by atoms with Crippen molar-refractivity contribution in [2.24, 2.45) is 10.9 Å². The molecule has 11 heteroatoms. The van der Waals surface area contributed by atoms with Crippen LogP contribution >= 0.6 is 35.3 Å². The van der Waals surface area contributed by atoms with Gasteiger partial charge in [-0.1, -0.05) is 26.0 Å². The third kappa shape index (κ3) is 8.09. The van der Waals surface area contributed by atoms with E-state index in [1.807, 2.05) is 38.1 Å². The predicted molar refractivity (Wildman–Crippen MR) is 124 cm³/mol. The van der Waals surface area contributed by atoms with E-state index in [1.54, 1.807) is 7.05 Å². The van der Waals surface area contributed by atoms with Gasteiger partial charge in [0.2, 0.25) is 5.91 Å². The fourth-order valence-electron chi connectivity index (χ4n) is 2.30. The zero-order valence-electron chi connectivity index (χ0n) is 16.8. The molecule has 0 radical (unpaired) electrons. The first kappa shape index (κ1) is 26.1. The van der Waals surface area contributed by atoms with Crippen LogP contribution in [0.15, 0.2) is 34.6 Å². The maximum Gasteiger partial charge on any atom is 0.434 e. The van der Waals surface area contributed by atoms with Gasteiger partial charge in [0, 0.05) is 30.6 Å². The van der Waals surface area contributed by atoms with E-state index < -0.39 is 11.9 Å². The van der Waals surface area contributed by atoms with E-state index >= 15 is 0 Å². The Kier molecular flexibility index (Phi) is 10.5. The normalized spacial score (nSPS) is 12.7. The van der Waals surface area contributed by atoms with Gasteiger partial charge in [0.1, 0.15) is 5.01 Å².